The van der Waals surface area contributed by atoms with Crippen molar-refractivity contribution in [3.63, 3.8) is 0 Å². The zero-order chi connectivity index (χ0) is 44.9. The highest BCUT2D eigenvalue weighted by molar-refractivity contribution is 5.75. The highest BCUT2D eigenvalue weighted by atomic mass is 14.4. The zero-order valence-corrected chi connectivity index (χ0v) is 35.9. The van der Waals surface area contributed by atoms with Gasteiger partial charge in [-0.25, -0.2) is 0 Å². The monoisotopic (exact) mass is 824 g/mol. The van der Waals surface area contributed by atoms with Gasteiger partial charge in [0.25, 0.3) is 0 Å². The fourth-order valence-electron chi connectivity index (χ4n) is 8.08. The summed E-state index contributed by atoms with van der Waals surface area (Å²) >= 11 is 0. The van der Waals surface area contributed by atoms with Crippen LogP contribution in [0.25, 0.3) is 48.6 Å². The lowest BCUT2D eigenvalue weighted by Gasteiger charge is -2.37. The van der Waals surface area contributed by atoms with E-state index in [9.17, 15) is 0 Å². The van der Waals surface area contributed by atoms with Crippen molar-refractivity contribution in [2.45, 2.75) is 5.41 Å². The van der Waals surface area contributed by atoms with E-state index >= 15 is 0 Å². The van der Waals surface area contributed by atoms with E-state index in [0.717, 1.165) is 89.0 Å². The molecule has 0 aromatic heterocycles. The quantitative estimate of drug-likeness (QED) is 0.0654. The van der Waals surface area contributed by atoms with Crippen molar-refractivity contribution in [3.8, 4) is 49.4 Å². The van der Waals surface area contributed by atoms with Gasteiger partial charge in [-0.1, -0.05) is 218 Å². The van der Waals surface area contributed by atoms with Gasteiger partial charge in [0.05, 0.1) is 5.41 Å². The van der Waals surface area contributed by atoms with E-state index in [1.165, 1.54) is 0 Å². The average Bonchev–Trinajstić information content (AvgIpc) is 3.38. The maximum Gasteiger partial charge on any atom is 0.0701 e. The first-order valence-electron chi connectivity index (χ1n) is 21.4. The van der Waals surface area contributed by atoms with Crippen LogP contribution < -0.4 is 0 Å². The Labute approximate surface area is 384 Å². The summed E-state index contributed by atoms with van der Waals surface area (Å²) in [6, 6.07) is 67.6. The number of benzene rings is 8. The first-order chi connectivity index (χ1) is 31.9. The molecule has 0 saturated carbocycles. The molecule has 0 atom stereocenters. The summed E-state index contributed by atoms with van der Waals surface area (Å²) in [6.45, 7) is 0. The van der Waals surface area contributed by atoms with E-state index < -0.39 is 5.41 Å². The van der Waals surface area contributed by atoms with Crippen molar-refractivity contribution in [2.75, 3.05) is 0 Å². The standard InChI is InChI=1S/C65H44/c1-5-49-13-9-17-57(45-49)25-21-53-29-37-61(38-30-53)65(62-39-31-54(32-40-62)22-26-58-18-10-14-50(6-2)46-58,63-41-33-55(34-42-63)23-27-59-19-11-15-51(7-3)47-59)64-43-35-56(36-44-64)24-28-60-20-12-16-52(8-4)48-60/h1-4,9-48H/b25-21+,26-22+,27-23+,28-24+. The second-order valence-corrected chi connectivity index (χ2v) is 15.7. The van der Waals surface area contributed by atoms with Crippen molar-refractivity contribution in [1.29, 1.82) is 0 Å². The van der Waals surface area contributed by atoms with Crippen LogP contribution in [0.3, 0.4) is 0 Å². The third-order valence-electron chi connectivity index (χ3n) is 11.5. The molecular weight excluding hydrogens is 781 g/mol. The lowest BCUT2D eigenvalue weighted by atomic mass is 9.64. The Hall–Kier alpha value is -9.04. The maximum atomic E-state index is 5.70. The predicted octanol–water partition coefficient (Wildman–Crippen LogP) is 14.7. The minimum absolute atomic E-state index is 0.709. The van der Waals surface area contributed by atoms with E-state index in [1.807, 2.05) is 72.8 Å². The second-order valence-electron chi connectivity index (χ2n) is 15.7. The first kappa shape index (κ1) is 42.6. The summed E-state index contributed by atoms with van der Waals surface area (Å²) in [6.07, 6.45) is 39.7. The number of hydrogen-bond acceptors (Lipinski definition) is 0. The minimum atomic E-state index is -0.709. The summed E-state index contributed by atoms with van der Waals surface area (Å²) in [5, 5.41) is 0. The molecule has 0 heterocycles. The molecular formula is C65H44. The fraction of sp³-hybridized carbons (Fsp3) is 0.0154. The highest BCUT2D eigenvalue weighted by Gasteiger charge is 2.38. The van der Waals surface area contributed by atoms with Crippen LogP contribution in [0, 0.1) is 49.4 Å². The Morgan fingerprint density at radius 3 is 0.646 bits per heavy atom. The van der Waals surface area contributed by atoms with E-state index in [-0.39, 0.29) is 0 Å². The molecule has 0 N–H and O–H groups in total. The second kappa shape index (κ2) is 20.2. The fourth-order valence-corrected chi connectivity index (χ4v) is 8.08. The zero-order valence-electron chi connectivity index (χ0n) is 35.9. The van der Waals surface area contributed by atoms with Crippen LogP contribution in [-0.2, 0) is 5.41 Å². The minimum Gasteiger partial charge on any atom is -0.115 e. The van der Waals surface area contributed by atoms with Crippen molar-refractivity contribution in [2.24, 2.45) is 0 Å². The molecule has 8 aromatic carbocycles. The molecule has 0 aliphatic carbocycles. The number of hydrogen-bond donors (Lipinski definition) is 0. The van der Waals surface area contributed by atoms with Crippen LogP contribution in [0.2, 0.25) is 0 Å². The van der Waals surface area contributed by atoms with Crippen LogP contribution in [0.1, 0.15) is 89.0 Å². The Morgan fingerprint density at radius 2 is 0.446 bits per heavy atom. The van der Waals surface area contributed by atoms with Crippen LogP contribution in [-0.4, -0.2) is 0 Å². The smallest absolute Gasteiger partial charge is 0.0701 e. The summed E-state index contributed by atoms with van der Waals surface area (Å²) in [4.78, 5) is 0. The SMILES string of the molecule is C#Cc1cccc(/C=C/c2ccc(C(c3ccc(/C=C/c4cccc(C#C)c4)cc3)(c3ccc(/C=C/c4cccc(C#C)c4)cc3)c3ccc(/C=C/c4cccc(C#C)c4)cc3)cc2)c1. The van der Waals surface area contributed by atoms with Gasteiger partial charge in [-0.05, 0) is 115 Å². The Bertz CT molecular complexity index is 2790. The lowest BCUT2D eigenvalue weighted by molar-refractivity contribution is 0.744. The van der Waals surface area contributed by atoms with Gasteiger partial charge in [0.1, 0.15) is 0 Å². The van der Waals surface area contributed by atoms with E-state index in [2.05, 4.69) is 194 Å². The number of terminal acetylenes is 4. The van der Waals surface area contributed by atoms with Crippen LogP contribution in [0.15, 0.2) is 194 Å². The summed E-state index contributed by atoms with van der Waals surface area (Å²) < 4.78 is 0. The molecule has 0 saturated heterocycles. The molecule has 65 heavy (non-hydrogen) atoms. The Kier molecular flexibility index (Phi) is 13.3. The molecule has 0 aliphatic heterocycles. The molecule has 304 valence electrons. The van der Waals surface area contributed by atoms with E-state index in [4.69, 9.17) is 25.7 Å². The molecule has 8 aromatic rings. The van der Waals surface area contributed by atoms with Crippen LogP contribution in [0.4, 0.5) is 0 Å². The van der Waals surface area contributed by atoms with Crippen molar-refractivity contribution >= 4 is 48.6 Å². The van der Waals surface area contributed by atoms with Crippen molar-refractivity contribution < 1.29 is 0 Å². The number of rotatable bonds is 12. The molecule has 0 aliphatic rings. The molecule has 0 spiro atoms. The summed E-state index contributed by atoms with van der Waals surface area (Å²) in [5.41, 5.74) is 15.7. The van der Waals surface area contributed by atoms with Crippen molar-refractivity contribution in [3.05, 3.63) is 283 Å². The van der Waals surface area contributed by atoms with Crippen LogP contribution in [0.5, 0.6) is 0 Å². The lowest BCUT2D eigenvalue weighted by Crippen LogP contribution is -2.31. The third kappa shape index (κ3) is 10.2. The van der Waals surface area contributed by atoms with Gasteiger partial charge in [0.2, 0.25) is 0 Å². The summed E-state index contributed by atoms with van der Waals surface area (Å²) in [5.74, 6) is 11.0. The predicted molar refractivity (Wildman–Crippen MR) is 278 cm³/mol. The Balaban J connectivity index is 1.25. The summed E-state index contributed by atoms with van der Waals surface area (Å²) in [7, 11) is 0. The van der Waals surface area contributed by atoms with E-state index in [0.29, 0.717) is 0 Å². The van der Waals surface area contributed by atoms with Crippen molar-refractivity contribution in [1.82, 2.24) is 0 Å². The molecule has 0 unspecified atom stereocenters. The molecule has 0 radical (unpaired) electrons. The van der Waals surface area contributed by atoms with Gasteiger partial charge in [0, 0.05) is 22.3 Å². The molecule has 0 bridgehead atoms. The van der Waals surface area contributed by atoms with E-state index in [1.54, 1.807) is 0 Å². The largest absolute Gasteiger partial charge is 0.115 e. The van der Waals surface area contributed by atoms with Gasteiger partial charge in [-0.3, -0.25) is 0 Å². The van der Waals surface area contributed by atoms with Gasteiger partial charge in [-0.2, -0.15) is 0 Å². The van der Waals surface area contributed by atoms with Gasteiger partial charge in [0.15, 0.2) is 0 Å². The molecule has 0 heteroatoms. The maximum absolute atomic E-state index is 5.70. The molecule has 8 rings (SSSR count). The van der Waals surface area contributed by atoms with Gasteiger partial charge >= 0.3 is 0 Å². The van der Waals surface area contributed by atoms with Crippen LogP contribution >= 0.6 is 0 Å². The molecule has 0 nitrogen and oxygen atoms in total. The highest BCUT2D eigenvalue weighted by Crippen LogP contribution is 2.46. The molecule has 0 amide bonds. The van der Waals surface area contributed by atoms with Gasteiger partial charge in [-0.15, -0.1) is 25.7 Å². The third-order valence-corrected chi connectivity index (χ3v) is 11.5. The van der Waals surface area contributed by atoms with Gasteiger partial charge < -0.3 is 0 Å². The molecule has 0 fully saturated rings. The topological polar surface area (TPSA) is 0 Å². The normalized spacial score (nSPS) is 11.4. The average molecular weight is 825 g/mol. The first-order valence-corrected chi connectivity index (χ1v) is 21.4. The Morgan fingerprint density at radius 1 is 0.246 bits per heavy atom.